The van der Waals surface area contributed by atoms with E-state index in [0.29, 0.717) is 43.3 Å². The van der Waals surface area contributed by atoms with E-state index in [1.165, 1.54) is 12.1 Å². The highest BCUT2D eigenvalue weighted by Gasteiger charge is 2.25. The molecule has 4 aromatic rings. The smallest absolute Gasteiger partial charge is 0.306 e. The number of anilines is 1. The number of aliphatic carboxylic acids is 1. The third kappa shape index (κ3) is 5.81. The number of nitrogens with zero attached hydrogens (tertiary/aromatic N) is 2. The molecule has 0 spiro atoms. The molecule has 0 amide bonds. The summed E-state index contributed by atoms with van der Waals surface area (Å²) >= 11 is 6.36. The molecule has 2 heterocycles. The second-order valence-electron chi connectivity index (χ2n) is 9.56. The van der Waals surface area contributed by atoms with Crippen LogP contribution in [0.5, 0.6) is 5.75 Å². The molecule has 0 aliphatic carbocycles. The van der Waals surface area contributed by atoms with E-state index in [1.54, 1.807) is 18.2 Å². The van der Waals surface area contributed by atoms with Crippen LogP contribution in [0.15, 0.2) is 78.9 Å². The number of piperidine rings is 1. The molecule has 5 rings (SSSR count). The molecule has 1 aromatic heterocycles. The SMILES string of the molecule is Cc1cc(-c2ccc(F)cc2)ccc1COc1ccc(Cl)cc1-c1cccc(N2CCC(C(=O)O)CC2)n1. The number of ether oxygens (including phenoxy) is 1. The van der Waals surface area contributed by atoms with Gasteiger partial charge in [0, 0.05) is 23.7 Å². The predicted molar refractivity (Wildman–Crippen MR) is 148 cm³/mol. The highest BCUT2D eigenvalue weighted by Crippen LogP contribution is 2.34. The van der Waals surface area contributed by atoms with Gasteiger partial charge in [-0.25, -0.2) is 9.37 Å². The number of aryl methyl sites for hydroxylation is 1. The average Bonchev–Trinajstić information content (AvgIpc) is 2.93. The van der Waals surface area contributed by atoms with Crippen molar-refractivity contribution in [2.45, 2.75) is 26.4 Å². The number of carboxylic acids is 1. The average molecular weight is 531 g/mol. The van der Waals surface area contributed by atoms with E-state index in [0.717, 1.165) is 39.3 Å². The lowest BCUT2D eigenvalue weighted by Gasteiger charge is -2.31. The Morgan fingerprint density at radius 1 is 1.03 bits per heavy atom. The largest absolute Gasteiger partial charge is 0.488 e. The van der Waals surface area contributed by atoms with Crippen LogP contribution in [0.2, 0.25) is 5.02 Å². The minimum atomic E-state index is -0.729. The van der Waals surface area contributed by atoms with Crippen LogP contribution in [0.25, 0.3) is 22.4 Å². The molecule has 1 fully saturated rings. The lowest BCUT2D eigenvalue weighted by atomic mass is 9.97. The molecule has 194 valence electrons. The summed E-state index contributed by atoms with van der Waals surface area (Å²) in [5, 5.41) is 9.88. The Morgan fingerprint density at radius 3 is 2.47 bits per heavy atom. The molecule has 0 saturated carbocycles. The van der Waals surface area contributed by atoms with Gasteiger partial charge in [-0.15, -0.1) is 0 Å². The molecule has 5 nitrogen and oxygen atoms in total. The Balaban J connectivity index is 1.34. The number of pyridine rings is 1. The van der Waals surface area contributed by atoms with Crippen molar-refractivity contribution in [2.75, 3.05) is 18.0 Å². The summed E-state index contributed by atoms with van der Waals surface area (Å²) in [7, 11) is 0. The van der Waals surface area contributed by atoms with Crippen LogP contribution >= 0.6 is 11.6 Å². The molecule has 3 aromatic carbocycles. The molecular weight excluding hydrogens is 503 g/mol. The molecule has 0 atom stereocenters. The normalized spacial score (nSPS) is 13.9. The van der Waals surface area contributed by atoms with Crippen LogP contribution in [0.1, 0.15) is 24.0 Å². The molecule has 0 radical (unpaired) electrons. The molecule has 1 aliphatic heterocycles. The van der Waals surface area contributed by atoms with E-state index in [9.17, 15) is 14.3 Å². The number of carboxylic acid groups (broad SMARTS) is 1. The van der Waals surface area contributed by atoms with Gasteiger partial charge in [0.15, 0.2) is 0 Å². The summed E-state index contributed by atoms with van der Waals surface area (Å²) < 4.78 is 19.6. The summed E-state index contributed by atoms with van der Waals surface area (Å²) in [4.78, 5) is 18.3. The number of hydrogen-bond acceptors (Lipinski definition) is 4. The van der Waals surface area contributed by atoms with Gasteiger partial charge in [0.2, 0.25) is 0 Å². The van der Waals surface area contributed by atoms with Gasteiger partial charge in [-0.05, 0) is 84.5 Å². The Kier molecular flexibility index (Phi) is 7.61. The van der Waals surface area contributed by atoms with Gasteiger partial charge in [0.05, 0.1) is 11.6 Å². The minimum absolute atomic E-state index is 0.253. The fourth-order valence-electron chi connectivity index (χ4n) is 4.77. The number of halogens is 2. The van der Waals surface area contributed by atoms with E-state index in [-0.39, 0.29) is 11.7 Å². The summed E-state index contributed by atoms with van der Waals surface area (Å²) in [6, 6.07) is 23.9. The van der Waals surface area contributed by atoms with Crippen LogP contribution in [-0.2, 0) is 11.4 Å². The van der Waals surface area contributed by atoms with E-state index >= 15 is 0 Å². The maximum Gasteiger partial charge on any atom is 0.306 e. The van der Waals surface area contributed by atoms with Crippen molar-refractivity contribution in [3.8, 4) is 28.1 Å². The number of hydrogen-bond donors (Lipinski definition) is 1. The minimum Gasteiger partial charge on any atom is -0.488 e. The van der Waals surface area contributed by atoms with E-state index in [4.69, 9.17) is 21.3 Å². The first-order valence-corrected chi connectivity index (χ1v) is 13.0. The highest BCUT2D eigenvalue weighted by molar-refractivity contribution is 6.31. The van der Waals surface area contributed by atoms with Crippen molar-refractivity contribution >= 4 is 23.4 Å². The van der Waals surface area contributed by atoms with Crippen LogP contribution in [0.3, 0.4) is 0 Å². The van der Waals surface area contributed by atoms with Gasteiger partial charge in [0.25, 0.3) is 0 Å². The number of aromatic nitrogens is 1. The summed E-state index contributed by atoms with van der Waals surface area (Å²) in [5.74, 6) is 0.204. The summed E-state index contributed by atoms with van der Waals surface area (Å²) in [6.45, 7) is 3.71. The van der Waals surface area contributed by atoms with Crippen molar-refractivity contribution in [1.29, 1.82) is 0 Å². The first-order chi connectivity index (χ1) is 18.4. The predicted octanol–water partition coefficient (Wildman–Crippen LogP) is 7.40. The molecule has 1 aliphatic rings. The Morgan fingerprint density at radius 2 is 1.76 bits per heavy atom. The second-order valence-corrected chi connectivity index (χ2v) is 9.99. The zero-order valence-electron chi connectivity index (χ0n) is 21.0. The fourth-order valence-corrected chi connectivity index (χ4v) is 4.94. The maximum atomic E-state index is 13.3. The van der Waals surface area contributed by atoms with Crippen molar-refractivity contribution in [3.05, 3.63) is 101 Å². The molecule has 1 saturated heterocycles. The number of carbonyl (C=O) groups is 1. The topological polar surface area (TPSA) is 62.7 Å². The van der Waals surface area contributed by atoms with Gasteiger partial charge in [-0.3, -0.25) is 4.79 Å². The van der Waals surface area contributed by atoms with E-state index in [1.807, 2.05) is 49.4 Å². The zero-order valence-corrected chi connectivity index (χ0v) is 21.8. The molecule has 1 N–H and O–H groups in total. The van der Waals surface area contributed by atoms with Gasteiger partial charge in [-0.2, -0.15) is 0 Å². The van der Waals surface area contributed by atoms with Gasteiger partial charge < -0.3 is 14.7 Å². The number of benzene rings is 3. The van der Waals surface area contributed by atoms with E-state index < -0.39 is 5.97 Å². The van der Waals surface area contributed by atoms with Crippen LogP contribution in [-0.4, -0.2) is 29.1 Å². The van der Waals surface area contributed by atoms with Crippen LogP contribution in [0, 0.1) is 18.7 Å². The maximum absolute atomic E-state index is 13.3. The molecule has 0 bridgehead atoms. The molecule has 0 unspecified atom stereocenters. The van der Waals surface area contributed by atoms with Crippen molar-refractivity contribution in [2.24, 2.45) is 5.92 Å². The Bertz CT molecular complexity index is 1450. The summed E-state index contributed by atoms with van der Waals surface area (Å²) in [5.41, 5.74) is 5.63. The molecule has 7 heteroatoms. The monoisotopic (exact) mass is 530 g/mol. The van der Waals surface area contributed by atoms with Crippen molar-refractivity contribution in [3.63, 3.8) is 0 Å². The molecular formula is C31H28ClFN2O3. The molecule has 38 heavy (non-hydrogen) atoms. The Labute approximate surface area is 226 Å². The van der Waals surface area contributed by atoms with Gasteiger partial charge in [-0.1, -0.05) is 48.0 Å². The lowest BCUT2D eigenvalue weighted by Crippen LogP contribution is -2.36. The quantitative estimate of drug-likeness (QED) is 0.270. The van der Waals surface area contributed by atoms with Gasteiger partial charge >= 0.3 is 5.97 Å². The summed E-state index contributed by atoms with van der Waals surface area (Å²) in [6.07, 6.45) is 1.21. The number of rotatable bonds is 7. The van der Waals surface area contributed by atoms with E-state index in [2.05, 4.69) is 11.0 Å². The van der Waals surface area contributed by atoms with Crippen LogP contribution in [0.4, 0.5) is 10.2 Å². The third-order valence-corrected chi connectivity index (χ3v) is 7.26. The fraction of sp³-hybridized carbons (Fsp3) is 0.226. The van der Waals surface area contributed by atoms with Gasteiger partial charge in [0.1, 0.15) is 24.0 Å². The highest BCUT2D eigenvalue weighted by atomic mass is 35.5. The van der Waals surface area contributed by atoms with Crippen LogP contribution < -0.4 is 9.64 Å². The second kappa shape index (κ2) is 11.2. The standard InChI is InChI=1S/C31H28ClFN2O3/c1-20-17-23(21-7-10-26(33)11-8-21)5-6-24(20)19-38-29-12-9-25(32)18-27(29)28-3-2-4-30(34-28)35-15-13-22(14-16-35)31(36)37/h2-12,17-18,22H,13-16,19H2,1H3,(H,36,37). The lowest BCUT2D eigenvalue weighted by molar-refractivity contribution is -0.142. The van der Waals surface area contributed by atoms with Crippen molar-refractivity contribution in [1.82, 2.24) is 4.98 Å². The zero-order chi connectivity index (χ0) is 26.6. The first-order valence-electron chi connectivity index (χ1n) is 12.6. The third-order valence-electron chi connectivity index (χ3n) is 7.02. The first kappa shape index (κ1) is 25.7. The van der Waals surface area contributed by atoms with Crippen molar-refractivity contribution < 1.29 is 19.0 Å². The Hall–Kier alpha value is -3.90.